The van der Waals surface area contributed by atoms with Gasteiger partial charge in [-0.2, -0.15) is 0 Å². The van der Waals surface area contributed by atoms with Crippen molar-refractivity contribution in [3.8, 4) is 0 Å². The lowest BCUT2D eigenvalue weighted by Crippen LogP contribution is -2.37. The van der Waals surface area contributed by atoms with Crippen molar-refractivity contribution < 1.29 is 19.4 Å². The number of ether oxygens (including phenoxy) is 2. The van der Waals surface area contributed by atoms with Gasteiger partial charge in [-0.3, -0.25) is 4.79 Å². The van der Waals surface area contributed by atoms with Gasteiger partial charge in [0.05, 0.1) is 12.7 Å². The van der Waals surface area contributed by atoms with E-state index in [1.807, 2.05) is 0 Å². The van der Waals surface area contributed by atoms with Crippen LogP contribution < -0.4 is 0 Å². The zero-order chi connectivity index (χ0) is 14.4. The molecule has 0 aromatic heterocycles. The Morgan fingerprint density at radius 3 is 2.58 bits per heavy atom. The molecular weight excluding hydrogens is 244 g/mol. The summed E-state index contributed by atoms with van der Waals surface area (Å²) in [5.41, 5.74) is 0. The van der Waals surface area contributed by atoms with Crippen LogP contribution in [0.1, 0.15) is 47.0 Å². The molecule has 1 fully saturated rings. The van der Waals surface area contributed by atoms with E-state index >= 15 is 0 Å². The van der Waals surface area contributed by atoms with Crippen LogP contribution >= 0.6 is 0 Å². The molecule has 0 aliphatic heterocycles. The van der Waals surface area contributed by atoms with Crippen LogP contribution in [0.5, 0.6) is 0 Å². The summed E-state index contributed by atoms with van der Waals surface area (Å²) in [7, 11) is 0. The number of carbonyl (C=O) groups is 1. The van der Waals surface area contributed by atoms with Crippen molar-refractivity contribution in [2.24, 2.45) is 17.8 Å². The molecule has 4 nitrogen and oxygen atoms in total. The minimum absolute atomic E-state index is 0.0178. The predicted molar refractivity (Wildman–Crippen MR) is 73.7 cm³/mol. The molecule has 0 amide bonds. The summed E-state index contributed by atoms with van der Waals surface area (Å²) in [5, 5.41) is 9.72. The zero-order valence-corrected chi connectivity index (χ0v) is 12.6. The van der Waals surface area contributed by atoms with Crippen molar-refractivity contribution in [3.63, 3.8) is 0 Å². The van der Waals surface area contributed by atoms with Crippen LogP contribution in [0.25, 0.3) is 0 Å². The van der Waals surface area contributed by atoms with E-state index in [9.17, 15) is 9.90 Å². The molecular formula is C15H28O4. The van der Waals surface area contributed by atoms with Gasteiger partial charge < -0.3 is 14.6 Å². The third-order valence-electron chi connectivity index (χ3n) is 3.94. The van der Waals surface area contributed by atoms with Gasteiger partial charge in [-0.1, -0.05) is 27.2 Å². The van der Waals surface area contributed by atoms with Crippen LogP contribution in [-0.4, -0.2) is 36.5 Å². The van der Waals surface area contributed by atoms with Gasteiger partial charge in [0.25, 0.3) is 0 Å². The standard InChI is InChI=1S/C15H28O4/c1-10(2)14-6-5-11(3)7-15(14)19-9-13(17)8-18-12(4)16/h10-11,13-15,17H,5-9H2,1-4H3. The maximum absolute atomic E-state index is 10.7. The second-order valence-corrected chi connectivity index (χ2v) is 6.15. The zero-order valence-electron chi connectivity index (χ0n) is 12.6. The van der Waals surface area contributed by atoms with E-state index < -0.39 is 6.10 Å². The topological polar surface area (TPSA) is 55.8 Å². The lowest BCUT2D eigenvalue weighted by atomic mass is 9.75. The van der Waals surface area contributed by atoms with E-state index in [0.717, 1.165) is 6.42 Å². The van der Waals surface area contributed by atoms with Crippen molar-refractivity contribution in [2.45, 2.75) is 59.2 Å². The molecule has 0 aromatic carbocycles. The van der Waals surface area contributed by atoms with Gasteiger partial charge in [0, 0.05) is 6.92 Å². The van der Waals surface area contributed by atoms with Gasteiger partial charge in [0.2, 0.25) is 0 Å². The Hall–Kier alpha value is -0.610. The maximum Gasteiger partial charge on any atom is 0.302 e. The summed E-state index contributed by atoms with van der Waals surface area (Å²) >= 11 is 0. The highest BCUT2D eigenvalue weighted by atomic mass is 16.5. The first kappa shape index (κ1) is 16.4. The third-order valence-corrected chi connectivity index (χ3v) is 3.94. The quantitative estimate of drug-likeness (QED) is 0.754. The lowest BCUT2D eigenvalue weighted by Gasteiger charge is -2.37. The molecule has 0 radical (unpaired) electrons. The maximum atomic E-state index is 10.7. The number of esters is 1. The molecule has 0 bridgehead atoms. The highest BCUT2D eigenvalue weighted by molar-refractivity contribution is 5.65. The lowest BCUT2D eigenvalue weighted by molar-refractivity contribution is -0.146. The van der Waals surface area contributed by atoms with Crippen molar-refractivity contribution in [3.05, 3.63) is 0 Å². The molecule has 1 rings (SSSR count). The monoisotopic (exact) mass is 272 g/mol. The summed E-state index contributed by atoms with van der Waals surface area (Å²) in [6, 6.07) is 0. The molecule has 0 spiro atoms. The first-order valence-electron chi connectivity index (χ1n) is 7.33. The number of hydrogen-bond acceptors (Lipinski definition) is 4. The Bertz CT molecular complexity index is 277. The molecule has 1 saturated carbocycles. The fourth-order valence-electron chi connectivity index (χ4n) is 2.80. The Morgan fingerprint density at radius 2 is 2.00 bits per heavy atom. The van der Waals surface area contributed by atoms with Crippen LogP contribution in [0.3, 0.4) is 0 Å². The van der Waals surface area contributed by atoms with Gasteiger partial charge in [-0.15, -0.1) is 0 Å². The van der Waals surface area contributed by atoms with E-state index in [-0.39, 0.29) is 25.3 Å². The summed E-state index contributed by atoms with van der Waals surface area (Å²) in [5.74, 6) is 1.48. The Kier molecular flexibility index (Phi) is 6.80. The number of aliphatic hydroxyl groups is 1. The summed E-state index contributed by atoms with van der Waals surface area (Å²) in [4.78, 5) is 10.7. The summed E-state index contributed by atoms with van der Waals surface area (Å²) in [6.45, 7) is 8.31. The summed E-state index contributed by atoms with van der Waals surface area (Å²) in [6.07, 6.45) is 3.01. The van der Waals surface area contributed by atoms with Crippen molar-refractivity contribution in [2.75, 3.05) is 13.2 Å². The van der Waals surface area contributed by atoms with Crippen molar-refractivity contribution in [1.82, 2.24) is 0 Å². The fourth-order valence-corrected chi connectivity index (χ4v) is 2.80. The Balaban J connectivity index is 2.37. The number of rotatable bonds is 6. The van der Waals surface area contributed by atoms with Gasteiger partial charge in [-0.05, 0) is 30.6 Å². The summed E-state index contributed by atoms with van der Waals surface area (Å²) < 4.78 is 10.7. The largest absolute Gasteiger partial charge is 0.463 e. The first-order valence-corrected chi connectivity index (χ1v) is 7.33. The molecule has 1 aliphatic rings. The fraction of sp³-hybridized carbons (Fsp3) is 0.933. The molecule has 19 heavy (non-hydrogen) atoms. The molecule has 112 valence electrons. The Morgan fingerprint density at radius 1 is 1.32 bits per heavy atom. The van der Waals surface area contributed by atoms with Gasteiger partial charge in [0.15, 0.2) is 0 Å². The van der Waals surface area contributed by atoms with Crippen LogP contribution in [-0.2, 0) is 14.3 Å². The average Bonchev–Trinajstić information content (AvgIpc) is 2.33. The minimum Gasteiger partial charge on any atom is -0.463 e. The van der Waals surface area contributed by atoms with E-state index in [2.05, 4.69) is 20.8 Å². The Labute approximate surface area is 116 Å². The van der Waals surface area contributed by atoms with Crippen LogP contribution in [0.4, 0.5) is 0 Å². The van der Waals surface area contributed by atoms with E-state index in [1.165, 1.54) is 19.8 Å². The smallest absolute Gasteiger partial charge is 0.302 e. The molecule has 0 saturated heterocycles. The van der Waals surface area contributed by atoms with Crippen LogP contribution in [0, 0.1) is 17.8 Å². The molecule has 4 heteroatoms. The molecule has 4 unspecified atom stereocenters. The third kappa shape index (κ3) is 5.91. The minimum atomic E-state index is -0.728. The van der Waals surface area contributed by atoms with Crippen molar-refractivity contribution >= 4 is 5.97 Å². The average molecular weight is 272 g/mol. The van der Waals surface area contributed by atoms with Crippen LogP contribution in [0.2, 0.25) is 0 Å². The second-order valence-electron chi connectivity index (χ2n) is 6.15. The van der Waals surface area contributed by atoms with Crippen LogP contribution in [0.15, 0.2) is 0 Å². The van der Waals surface area contributed by atoms with Gasteiger partial charge in [0.1, 0.15) is 12.7 Å². The molecule has 1 N–H and O–H groups in total. The molecule has 0 aromatic rings. The number of carbonyl (C=O) groups excluding carboxylic acids is 1. The SMILES string of the molecule is CC(=O)OCC(O)COC1CC(C)CCC1C(C)C. The predicted octanol–water partition coefficient (Wildman–Crippen LogP) is 2.39. The van der Waals surface area contributed by atoms with E-state index in [1.54, 1.807) is 0 Å². The van der Waals surface area contributed by atoms with Crippen molar-refractivity contribution in [1.29, 1.82) is 0 Å². The number of hydrogen-bond donors (Lipinski definition) is 1. The number of aliphatic hydroxyl groups excluding tert-OH is 1. The molecule has 1 aliphatic carbocycles. The molecule has 4 atom stereocenters. The first-order chi connectivity index (χ1) is 8.90. The molecule has 0 heterocycles. The van der Waals surface area contributed by atoms with Gasteiger partial charge in [-0.25, -0.2) is 0 Å². The highest BCUT2D eigenvalue weighted by Crippen LogP contribution is 2.35. The normalized spacial score (nSPS) is 29.3. The van der Waals surface area contributed by atoms with E-state index in [0.29, 0.717) is 17.8 Å². The van der Waals surface area contributed by atoms with E-state index in [4.69, 9.17) is 9.47 Å². The second kappa shape index (κ2) is 7.85. The highest BCUT2D eigenvalue weighted by Gasteiger charge is 2.31. The van der Waals surface area contributed by atoms with Gasteiger partial charge >= 0.3 is 5.97 Å².